The molecular weight excluding hydrogens is 210 g/mol. The average Bonchev–Trinajstić information content (AvgIpc) is 2.33. The Balaban J connectivity index is 1.83. The lowest BCUT2D eigenvalue weighted by atomic mass is 9.72. The van der Waals surface area contributed by atoms with Gasteiger partial charge in [0.05, 0.1) is 5.60 Å². The molecule has 1 aliphatic heterocycles. The molecule has 0 aromatic rings. The van der Waals surface area contributed by atoms with Gasteiger partial charge in [0, 0.05) is 19.6 Å². The highest BCUT2D eigenvalue weighted by molar-refractivity contribution is 4.92. The quantitative estimate of drug-likeness (QED) is 0.818. The van der Waals surface area contributed by atoms with Gasteiger partial charge in [0.2, 0.25) is 0 Å². The minimum atomic E-state index is -0.325. The Morgan fingerprint density at radius 1 is 1.12 bits per heavy atom. The molecule has 0 radical (unpaired) electrons. The number of likely N-dealkylation sites (tertiary alicyclic amines) is 1. The normalized spacial score (nSPS) is 27.5. The summed E-state index contributed by atoms with van der Waals surface area (Å²) in [6.45, 7) is 7.96. The van der Waals surface area contributed by atoms with Crippen LogP contribution in [-0.2, 0) is 0 Å². The van der Waals surface area contributed by atoms with Crippen molar-refractivity contribution in [3.05, 3.63) is 0 Å². The molecule has 2 heteroatoms. The first-order chi connectivity index (χ1) is 8.10. The molecule has 1 saturated carbocycles. The van der Waals surface area contributed by atoms with Crippen molar-refractivity contribution in [2.24, 2.45) is 11.8 Å². The number of nitrogens with zero attached hydrogens (tertiary/aromatic N) is 1. The average molecular weight is 239 g/mol. The second kappa shape index (κ2) is 5.71. The molecule has 0 amide bonds. The molecular formula is C15H29NO. The molecule has 0 bridgehead atoms. The van der Waals surface area contributed by atoms with Crippen molar-refractivity contribution in [2.75, 3.05) is 19.6 Å². The van der Waals surface area contributed by atoms with E-state index in [1.807, 2.05) is 0 Å². The van der Waals surface area contributed by atoms with Gasteiger partial charge in [-0.15, -0.1) is 0 Å². The zero-order valence-corrected chi connectivity index (χ0v) is 11.6. The van der Waals surface area contributed by atoms with E-state index in [2.05, 4.69) is 18.7 Å². The maximum Gasteiger partial charge on any atom is 0.0700 e. The molecule has 1 heterocycles. The van der Waals surface area contributed by atoms with Crippen LogP contribution in [-0.4, -0.2) is 35.2 Å². The van der Waals surface area contributed by atoms with Gasteiger partial charge < -0.3 is 10.0 Å². The fraction of sp³-hybridized carbons (Fsp3) is 1.00. The molecule has 0 aromatic carbocycles. The van der Waals surface area contributed by atoms with E-state index in [-0.39, 0.29) is 5.60 Å². The second-order valence-corrected chi connectivity index (χ2v) is 6.63. The summed E-state index contributed by atoms with van der Waals surface area (Å²) in [6, 6.07) is 0. The molecule has 2 nitrogen and oxygen atoms in total. The minimum absolute atomic E-state index is 0.325. The molecule has 100 valence electrons. The zero-order valence-electron chi connectivity index (χ0n) is 11.6. The molecule has 2 fully saturated rings. The number of rotatable bonds is 3. The lowest BCUT2D eigenvalue weighted by molar-refractivity contribution is -0.0784. The maximum atomic E-state index is 10.8. The van der Waals surface area contributed by atoms with Gasteiger partial charge in [0.15, 0.2) is 0 Å². The third-order valence-electron chi connectivity index (χ3n) is 4.71. The van der Waals surface area contributed by atoms with Gasteiger partial charge in [0.1, 0.15) is 0 Å². The van der Waals surface area contributed by atoms with Gasteiger partial charge in [-0.3, -0.25) is 0 Å². The first-order valence-electron chi connectivity index (χ1n) is 7.55. The first-order valence-corrected chi connectivity index (χ1v) is 7.55. The highest BCUT2D eigenvalue weighted by Crippen LogP contribution is 2.38. The van der Waals surface area contributed by atoms with Crippen molar-refractivity contribution in [3.63, 3.8) is 0 Å². The summed E-state index contributed by atoms with van der Waals surface area (Å²) in [5, 5.41) is 10.8. The van der Waals surface area contributed by atoms with Gasteiger partial charge >= 0.3 is 0 Å². The summed E-state index contributed by atoms with van der Waals surface area (Å²) in [5.41, 5.74) is -0.325. The third-order valence-corrected chi connectivity index (χ3v) is 4.71. The Hall–Kier alpha value is -0.0800. The summed E-state index contributed by atoms with van der Waals surface area (Å²) in [7, 11) is 0. The van der Waals surface area contributed by atoms with Crippen molar-refractivity contribution < 1.29 is 5.11 Å². The number of aliphatic hydroxyl groups is 1. The minimum Gasteiger partial charge on any atom is -0.390 e. The molecule has 1 aliphatic carbocycles. The monoisotopic (exact) mass is 239 g/mol. The largest absolute Gasteiger partial charge is 0.390 e. The maximum absolute atomic E-state index is 10.8. The van der Waals surface area contributed by atoms with E-state index in [4.69, 9.17) is 0 Å². The summed E-state index contributed by atoms with van der Waals surface area (Å²) in [6.07, 6.45) is 8.59. The fourth-order valence-electron chi connectivity index (χ4n) is 3.69. The molecule has 17 heavy (non-hydrogen) atoms. The summed E-state index contributed by atoms with van der Waals surface area (Å²) >= 11 is 0. The lowest BCUT2D eigenvalue weighted by Gasteiger charge is -2.44. The van der Waals surface area contributed by atoms with Crippen molar-refractivity contribution in [2.45, 2.75) is 64.4 Å². The number of hydrogen-bond acceptors (Lipinski definition) is 2. The van der Waals surface area contributed by atoms with Crippen molar-refractivity contribution >= 4 is 0 Å². The lowest BCUT2D eigenvalue weighted by Crippen LogP contribution is -2.49. The van der Waals surface area contributed by atoms with Gasteiger partial charge in [-0.05, 0) is 37.5 Å². The molecule has 1 N–H and O–H groups in total. The predicted octanol–water partition coefficient (Wildman–Crippen LogP) is 3.05. The topological polar surface area (TPSA) is 23.5 Å². The van der Waals surface area contributed by atoms with Crippen molar-refractivity contribution in [1.82, 2.24) is 4.90 Å². The van der Waals surface area contributed by atoms with Crippen molar-refractivity contribution in [3.8, 4) is 0 Å². The van der Waals surface area contributed by atoms with Crippen LogP contribution in [0.5, 0.6) is 0 Å². The first kappa shape index (κ1) is 13.4. The zero-order chi connectivity index (χ0) is 12.3. The van der Waals surface area contributed by atoms with E-state index >= 15 is 0 Å². The van der Waals surface area contributed by atoms with E-state index < -0.39 is 0 Å². The van der Waals surface area contributed by atoms with Crippen LogP contribution in [0, 0.1) is 11.8 Å². The number of hydrogen-bond donors (Lipinski definition) is 1. The van der Waals surface area contributed by atoms with E-state index in [9.17, 15) is 5.11 Å². The Kier molecular flexibility index (Phi) is 4.48. The van der Waals surface area contributed by atoms with Gasteiger partial charge in [-0.2, -0.15) is 0 Å². The van der Waals surface area contributed by atoms with Crippen molar-refractivity contribution in [1.29, 1.82) is 0 Å². The van der Waals surface area contributed by atoms with Crippen LogP contribution >= 0.6 is 0 Å². The van der Waals surface area contributed by atoms with Crippen LogP contribution in [0.15, 0.2) is 0 Å². The van der Waals surface area contributed by atoms with Crippen LogP contribution in [0.3, 0.4) is 0 Å². The smallest absolute Gasteiger partial charge is 0.0700 e. The Morgan fingerprint density at radius 3 is 2.24 bits per heavy atom. The third kappa shape index (κ3) is 3.45. The van der Waals surface area contributed by atoms with E-state index in [1.165, 1.54) is 38.6 Å². The van der Waals surface area contributed by atoms with Crippen LogP contribution in [0.2, 0.25) is 0 Å². The van der Waals surface area contributed by atoms with Crippen LogP contribution in [0.1, 0.15) is 58.8 Å². The molecule has 2 aliphatic rings. The van der Waals surface area contributed by atoms with Crippen LogP contribution in [0.4, 0.5) is 0 Å². The fourth-order valence-corrected chi connectivity index (χ4v) is 3.69. The summed E-state index contributed by atoms with van der Waals surface area (Å²) < 4.78 is 0. The van der Waals surface area contributed by atoms with Gasteiger partial charge in [-0.25, -0.2) is 0 Å². The van der Waals surface area contributed by atoms with E-state index in [0.717, 1.165) is 31.8 Å². The molecule has 0 spiro atoms. The Morgan fingerprint density at radius 2 is 1.71 bits per heavy atom. The Labute approximate surface area is 106 Å². The van der Waals surface area contributed by atoms with Crippen LogP contribution < -0.4 is 0 Å². The van der Waals surface area contributed by atoms with E-state index in [0.29, 0.717) is 5.92 Å². The molecule has 1 saturated heterocycles. The Bertz CT molecular complexity index is 225. The molecule has 0 unspecified atom stereocenters. The second-order valence-electron chi connectivity index (χ2n) is 6.63. The predicted molar refractivity (Wildman–Crippen MR) is 72.0 cm³/mol. The summed E-state index contributed by atoms with van der Waals surface area (Å²) in [4.78, 5) is 2.53. The molecule has 0 aromatic heterocycles. The molecule has 2 rings (SSSR count). The van der Waals surface area contributed by atoms with E-state index in [1.54, 1.807) is 0 Å². The van der Waals surface area contributed by atoms with Crippen LogP contribution in [0.25, 0.3) is 0 Å². The SMILES string of the molecule is CC(C)CN1CCC(O)(C2CCCCC2)CC1. The number of piperidine rings is 1. The van der Waals surface area contributed by atoms with Gasteiger partial charge in [0.25, 0.3) is 0 Å². The van der Waals surface area contributed by atoms with Gasteiger partial charge in [-0.1, -0.05) is 33.1 Å². The standard InChI is InChI=1S/C15H29NO/c1-13(2)12-16-10-8-15(17,9-11-16)14-6-4-3-5-7-14/h13-14,17H,3-12H2,1-2H3. The molecule has 0 atom stereocenters. The highest BCUT2D eigenvalue weighted by Gasteiger charge is 2.39. The summed E-state index contributed by atoms with van der Waals surface area (Å²) in [5.74, 6) is 1.34. The highest BCUT2D eigenvalue weighted by atomic mass is 16.3.